The molecule has 0 saturated carbocycles. The highest BCUT2D eigenvalue weighted by molar-refractivity contribution is 9.10. The van der Waals surface area contributed by atoms with Crippen molar-refractivity contribution in [3.63, 3.8) is 0 Å². The Labute approximate surface area is 117 Å². The summed E-state index contributed by atoms with van der Waals surface area (Å²) in [7, 11) is 0. The van der Waals surface area contributed by atoms with Gasteiger partial charge in [-0.3, -0.25) is 4.90 Å². The summed E-state index contributed by atoms with van der Waals surface area (Å²) < 4.78 is 6.88. The number of ether oxygens (including phenoxy) is 1. The Bertz CT molecular complexity index is 420. The molecule has 1 fully saturated rings. The van der Waals surface area contributed by atoms with Crippen LogP contribution in [0.2, 0.25) is 0 Å². The lowest BCUT2D eigenvalue weighted by molar-refractivity contribution is -0.0883. The first-order valence-corrected chi connectivity index (χ1v) is 7.13. The Kier molecular flexibility index (Phi) is 4.43. The normalized spacial score (nSPS) is 20.0. The lowest BCUT2D eigenvalue weighted by Gasteiger charge is -2.38. The molecule has 0 radical (unpaired) electrons. The van der Waals surface area contributed by atoms with Crippen molar-refractivity contribution >= 4 is 15.9 Å². The summed E-state index contributed by atoms with van der Waals surface area (Å²) in [5.74, 6) is 0. The van der Waals surface area contributed by atoms with Gasteiger partial charge in [0.25, 0.3) is 0 Å². The van der Waals surface area contributed by atoms with Gasteiger partial charge < -0.3 is 10.5 Å². The van der Waals surface area contributed by atoms with Crippen LogP contribution >= 0.6 is 15.9 Å². The SMILES string of the molecule is CC1(C)CN(Cc2ccc(CN)cc2Br)CCO1. The van der Waals surface area contributed by atoms with Gasteiger partial charge >= 0.3 is 0 Å². The van der Waals surface area contributed by atoms with Crippen LogP contribution in [0.5, 0.6) is 0 Å². The highest BCUT2D eigenvalue weighted by atomic mass is 79.9. The van der Waals surface area contributed by atoms with Crippen LogP contribution in [0.4, 0.5) is 0 Å². The second-order valence-corrected chi connectivity index (χ2v) is 6.30. The van der Waals surface area contributed by atoms with Gasteiger partial charge in [0.1, 0.15) is 0 Å². The summed E-state index contributed by atoms with van der Waals surface area (Å²) in [5.41, 5.74) is 8.07. The van der Waals surface area contributed by atoms with Crippen molar-refractivity contribution in [1.29, 1.82) is 0 Å². The second kappa shape index (κ2) is 5.70. The monoisotopic (exact) mass is 312 g/mol. The predicted octanol–water partition coefficient (Wildman–Crippen LogP) is 2.52. The van der Waals surface area contributed by atoms with Crippen LogP contribution in [0, 0.1) is 0 Å². The minimum absolute atomic E-state index is 0.0398. The summed E-state index contributed by atoms with van der Waals surface area (Å²) in [5, 5.41) is 0. The number of benzene rings is 1. The molecular weight excluding hydrogens is 292 g/mol. The molecule has 0 atom stereocenters. The van der Waals surface area contributed by atoms with Crippen molar-refractivity contribution in [2.45, 2.75) is 32.5 Å². The molecule has 1 aromatic carbocycles. The van der Waals surface area contributed by atoms with Crippen LogP contribution in [0.15, 0.2) is 22.7 Å². The Morgan fingerprint density at radius 1 is 1.44 bits per heavy atom. The largest absolute Gasteiger partial charge is 0.373 e. The Balaban J connectivity index is 2.05. The fraction of sp³-hybridized carbons (Fsp3) is 0.571. The molecule has 0 aliphatic carbocycles. The molecule has 3 nitrogen and oxygen atoms in total. The van der Waals surface area contributed by atoms with Gasteiger partial charge in [-0.05, 0) is 31.0 Å². The zero-order chi connectivity index (χ0) is 13.2. The molecule has 1 aliphatic rings. The minimum Gasteiger partial charge on any atom is -0.373 e. The van der Waals surface area contributed by atoms with E-state index in [2.05, 4.69) is 52.9 Å². The summed E-state index contributed by atoms with van der Waals surface area (Å²) >= 11 is 3.63. The molecule has 1 heterocycles. The van der Waals surface area contributed by atoms with E-state index in [0.717, 1.165) is 36.3 Å². The average molecular weight is 313 g/mol. The van der Waals surface area contributed by atoms with Crippen LogP contribution < -0.4 is 5.73 Å². The highest BCUT2D eigenvalue weighted by Gasteiger charge is 2.27. The van der Waals surface area contributed by atoms with E-state index in [0.29, 0.717) is 6.54 Å². The molecule has 1 aliphatic heterocycles. The topological polar surface area (TPSA) is 38.5 Å². The molecule has 0 unspecified atom stereocenters. The van der Waals surface area contributed by atoms with Crippen LogP contribution in [-0.4, -0.2) is 30.2 Å². The lowest BCUT2D eigenvalue weighted by Crippen LogP contribution is -2.47. The van der Waals surface area contributed by atoms with E-state index in [1.54, 1.807) is 0 Å². The van der Waals surface area contributed by atoms with Crippen LogP contribution in [0.25, 0.3) is 0 Å². The third-order valence-corrected chi connectivity index (χ3v) is 3.99. The van der Waals surface area contributed by atoms with Crippen molar-refractivity contribution in [3.05, 3.63) is 33.8 Å². The van der Waals surface area contributed by atoms with Gasteiger partial charge in [0, 0.05) is 30.7 Å². The molecule has 2 rings (SSSR count). The van der Waals surface area contributed by atoms with Gasteiger partial charge in [-0.1, -0.05) is 28.1 Å². The molecule has 4 heteroatoms. The third kappa shape index (κ3) is 3.54. The van der Waals surface area contributed by atoms with Crippen LogP contribution in [0.1, 0.15) is 25.0 Å². The van der Waals surface area contributed by atoms with Gasteiger partial charge in [0.15, 0.2) is 0 Å². The summed E-state index contributed by atoms with van der Waals surface area (Å²) in [6, 6.07) is 6.38. The molecule has 0 spiro atoms. The number of hydrogen-bond donors (Lipinski definition) is 1. The number of hydrogen-bond acceptors (Lipinski definition) is 3. The van der Waals surface area contributed by atoms with E-state index >= 15 is 0 Å². The van der Waals surface area contributed by atoms with E-state index in [1.165, 1.54) is 5.56 Å². The fourth-order valence-electron chi connectivity index (χ4n) is 2.34. The number of nitrogens with zero attached hydrogens (tertiary/aromatic N) is 1. The van der Waals surface area contributed by atoms with Gasteiger partial charge in [-0.25, -0.2) is 0 Å². The fourth-order valence-corrected chi connectivity index (χ4v) is 2.89. The summed E-state index contributed by atoms with van der Waals surface area (Å²) in [4.78, 5) is 2.44. The number of nitrogens with two attached hydrogens (primary N) is 1. The predicted molar refractivity (Wildman–Crippen MR) is 77.3 cm³/mol. The van der Waals surface area contributed by atoms with E-state index < -0.39 is 0 Å². The molecular formula is C14H21BrN2O. The van der Waals surface area contributed by atoms with Crippen LogP contribution in [0.3, 0.4) is 0 Å². The molecule has 1 saturated heterocycles. The van der Waals surface area contributed by atoms with Crippen molar-refractivity contribution in [3.8, 4) is 0 Å². The van der Waals surface area contributed by atoms with Crippen molar-refractivity contribution in [1.82, 2.24) is 4.90 Å². The number of halogens is 1. The van der Waals surface area contributed by atoms with E-state index in [4.69, 9.17) is 10.5 Å². The van der Waals surface area contributed by atoms with Crippen LogP contribution in [-0.2, 0) is 17.8 Å². The lowest BCUT2D eigenvalue weighted by atomic mass is 10.1. The molecule has 0 amide bonds. The van der Waals surface area contributed by atoms with E-state index in [-0.39, 0.29) is 5.60 Å². The van der Waals surface area contributed by atoms with Crippen molar-refractivity contribution in [2.75, 3.05) is 19.7 Å². The first-order chi connectivity index (χ1) is 8.50. The quantitative estimate of drug-likeness (QED) is 0.932. The molecule has 18 heavy (non-hydrogen) atoms. The number of morpholine rings is 1. The Morgan fingerprint density at radius 2 is 2.22 bits per heavy atom. The minimum atomic E-state index is -0.0398. The maximum atomic E-state index is 5.73. The molecule has 0 aromatic heterocycles. The molecule has 1 aromatic rings. The first kappa shape index (κ1) is 14.0. The standard InChI is InChI=1S/C14H21BrN2O/c1-14(2)10-17(5-6-18-14)9-12-4-3-11(8-16)7-13(12)15/h3-4,7H,5-6,8-10,16H2,1-2H3. The maximum absolute atomic E-state index is 5.73. The van der Waals surface area contributed by atoms with Gasteiger partial charge in [0.2, 0.25) is 0 Å². The Morgan fingerprint density at radius 3 is 2.83 bits per heavy atom. The van der Waals surface area contributed by atoms with Gasteiger partial charge in [0.05, 0.1) is 12.2 Å². The smallest absolute Gasteiger partial charge is 0.0753 e. The van der Waals surface area contributed by atoms with Gasteiger partial charge in [-0.15, -0.1) is 0 Å². The average Bonchev–Trinajstić information content (AvgIpc) is 2.30. The maximum Gasteiger partial charge on any atom is 0.0753 e. The first-order valence-electron chi connectivity index (χ1n) is 6.34. The van der Waals surface area contributed by atoms with Gasteiger partial charge in [-0.2, -0.15) is 0 Å². The van der Waals surface area contributed by atoms with E-state index in [1.807, 2.05) is 0 Å². The second-order valence-electron chi connectivity index (χ2n) is 5.45. The molecule has 2 N–H and O–H groups in total. The number of rotatable bonds is 3. The van der Waals surface area contributed by atoms with E-state index in [9.17, 15) is 0 Å². The summed E-state index contributed by atoms with van der Waals surface area (Å²) in [6.45, 7) is 8.61. The van der Waals surface area contributed by atoms with Crippen molar-refractivity contribution < 1.29 is 4.74 Å². The zero-order valence-electron chi connectivity index (χ0n) is 11.1. The highest BCUT2D eigenvalue weighted by Crippen LogP contribution is 2.23. The molecule has 0 bridgehead atoms. The molecule has 100 valence electrons. The van der Waals surface area contributed by atoms with Crippen molar-refractivity contribution in [2.24, 2.45) is 5.73 Å². The zero-order valence-corrected chi connectivity index (χ0v) is 12.7. The third-order valence-electron chi connectivity index (χ3n) is 3.25. The Hall–Kier alpha value is -0.420. The summed E-state index contributed by atoms with van der Waals surface area (Å²) in [6.07, 6.45) is 0.